The highest BCUT2D eigenvalue weighted by molar-refractivity contribution is 5.98. The molecule has 0 aromatic heterocycles. The first-order chi connectivity index (χ1) is 13.0. The van der Waals surface area contributed by atoms with Crippen molar-refractivity contribution in [3.05, 3.63) is 70.8 Å². The van der Waals surface area contributed by atoms with Gasteiger partial charge in [0.1, 0.15) is 6.54 Å². The number of Topliss-reactive ketones (excluding diaryl/α,β-unsaturated/α-hetero) is 1. The van der Waals surface area contributed by atoms with E-state index in [1.807, 2.05) is 25.1 Å². The van der Waals surface area contributed by atoms with Gasteiger partial charge in [0, 0.05) is 11.1 Å². The molecule has 0 saturated heterocycles. The number of hydrogen-bond donors (Lipinski definition) is 1. The lowest BCUT2D eigenvalue weighted by atomic mass is 10.0. The maximum atomic E-state index is 12.1. The summed E-state index contributed by atoms with van der Waals surface area (Å²) in [6.45, 7) is 3.39. The summed E-state index contributed by atoms with van der Waals surface area (Å²) in [6, 6.07) is 14.4. The highest BCUT2D eigenvalue weighted by Crippen LogP contribution is 2.09. The van der Waals surface area contributed by atoms with E-state index in [0.717, 1.165) is 24.8 Å². The van der Waals surface area contributed by atoms with Crippen molar-refractivity contribution in [2.24, 2.45) is 0 Å². The predicted octanol–water partition coefficient (Wildman–Crippen LogP) is 3.49. The first-order valence-corrected chi connectivity index (χ1v) is 9.12. The number of hydrogen-bond acceptors (Lipinski definition) is 4. The summed E-state index contributed by atoms with van der Waals surface area (Å²) in [5, 5.41) is 2.49. The molecule has 0 unspecified atom stereocenters. The molecule has 0 heterocycles. The summed E-state index contributed by atoms with van der Waals surface area (Å²) >= 11 is 0. The molecule has 5 nitrogen and oxygen atoms in total. The van der Waals surface area contributed by atoms with Crippen molar-refractivity contribution in [3.63, 3.8) is 0 Å². The molecule has 0 aliphatic carbocycles. The van der Waals surface area contributed by atoms with Crippen LogP contribution in [0.2, 0.25) is 0 Å². The van der Waals surface area contributed by atoms with E-state index < -0.39 is 5.97 Å². The van der Waals surface area contributed by atoms with Gasteiger partial charge in [0.25, 0.3) is 5.91 Å². The molecule has 27 heavy (non-hydrogen) atoms. The predicted molar refractivity (Wildman–Crippen MR) is 104 cm³/mol. The molecule has 0 atom stereocenters. The van der Waals surface area contributed by atoms with E-state index in [1.165, 1.54) is 5.56 Å². The van der Waals surface area contributed by atoms with Crippen LogP contribution in [-0.4, -0.2) is 30.8 Å². The van der Waals surface area contributed by atoms with Crippen molar-refractivity contribution in [2.45, 2.75) is 33.1 Å². The van der Waals surface area contributed by atoms with E-state index in [-0.39, 0.29) is 24.8 Å². The Morgan fingerprint density at radius 3 is 2.41 bits per heavy atom. The second-order valence-electron chi connectivity index (χ2n) is 6.44. The number of ether oxygens (including phenoxy) is 1. The third-order valence-electron chi connectivity index (χ3n) is 4.13. The molecule has 0 aliphatic rings. The number of aryl methyl sites for hydroxylation is 2. The van der Waals surface area contributed by atoms with E-state index in [0.29, 0.717) is 11.1 Å². The Bertz CT molecular complexity index is 796. The van der Waals surface area contributed by atoms with Gasteiger partial charge >= 0.3 is 5.97 Å². The fraction of sp³-hybridized carbons (Fsp3) is 0.318. The Balaban J connectivity index is 1.76. The summed E-state index contributed by atoms with van der Waals surface area (Å²) in [5.41, 5.74) is 3.12. The summed E-state index contributed by atoms with van der Waals surface area (Å²) in [7, 11) is 0. The van der Waals surface area contributed by atoms with E-state index in [4.69, 9.17) is 4.74 Å². The third-order valence-corrected chi connectivity index (χ3v) is 4.13. The topological polar surface area (TPSA) is 72.5 Å². The van der Waals surface area contributed by atoms with Crippen molar-refractivity contribution < 1.29 is 19.1 Å². The number of amides is 1. The zero-order valence-electron chi connectivity index (χ0n) is 15.8. The summed E-state index contributed by atoms with van der Waals surface area (Å²) in [4.78, 5) is 35.9. The van der Waals surface area contributed by atoms with Gasteiger partial charge in [-0.3, -0.25) is 14.4 Å². The Morgan fingerprint density at radius 1 is 1.00 bits per heavy atom. The standard InChI is InChI=1S/C22H25NO4/c1-3-4-7-17-9-11-18(12-10-17)20(24)15-27-21(25)14-23-22(26)19-8-5-6-16(2)13-19/h5-6,8-13H,3-4,7,14-15H2,1-2H3,(H,23,26). The SMILES string of the molecule is CCCCc1ccc(C(=O)COC(=O)CNC(=O)c2cccc(C)c2)cc1. The number of nitrogens with one attached hydrogen (secondary N) is 1. The van der Waals surface area contributed by atoms with Crippen LogP contribution in [0.4, 0.5) is 0 Å². The maximum absolute atomic E-state index is 12.1. The van der Waals surface area contributed by atoms with Gasteiger partial charge < -0.3 is 10.1 Å². The molecule has 0 fully saturated rings. The molecular weight excluding hydrogens is 342 g/mol. The lowest BCUT2D eigenvalue weighted by Gasteiger charge is -2.07. The normalized spacial score (nSPS) is 10.3. The fourth-order valence-corrected chi connectivity index (χ4v) is 2.56. The molecule has 0 bridgehead atoms. The average Bonchev–Trinajstić information content (AvgIpc) is 2.69. The van der Waals surface area contributed by atoms with E-state index in [9.17, 15) is 14.4 Å². The smallest absolute Gasteiger partial charge is 0.325 e. The zero-order valence-corrected chi connectivity index (χ0v) is 15.8. The third kappa shape index (κ3) is 6.70. The highest BCUT2D eigenvalue weighted by atomic mass is 16.5. The van der Waals surface area contributed by atoms with Crippen LogP contribution < -0.4 is 5.32 Å². The molecule has 142 valence electrons. The van der Waals surface area contributed by atoms with Crippen LogP contribution in [0.5, 0.6) is 0 Å². The number of ketones is 1. The van der Waals surface area contributed by atoms with Crippen molar-refractivity contribution in [1.29, 1.82) is 0 Å². The molecule has 2 aromatic rings. The monoisotopic (exact) mass is 367 g/mol. The number of esters is 1. The summed E-state index contributed by atoms with van der Waals surface area (Å²) < 4.78 is 4.96. The molecule has 0 spiro atoms. The largest absolute Gasteiger partial charge is 0.456 e. The Morgan fingerprint density at radius 2 is 1.74 bits per heavy atom. The number of unbranched alkanes of at least 4 members (excludes halogenated alkanes) is 1. The second kappa shape index (κ2) is 10.3. The molecular formula is C22H25NO4. The summed E-state index contributed by atoms with van der Waals surface area (Å²) in [5.74, 6) is -1.27. The molecule has 0 aliphatic heterocycles. The molecule has 0 saturated carbocycles. The van der Waals surface area contributed by atoms with Crippen LogP contribution >= 0.6 is 0 Å². The van der Waals surface area contributed by atoms with Gasteiger partial charge in [0.2, 0.25) is 0 Å². The van der Waals surface area contributed by atoms with Gasteiger partial charge in [-0.05, 0) is 37.5 Å². The minimum atomic E-state index is -0.649. The van der Waals surface area contributed by atoms with Gasteiger partial charge in [-0.1, -0.05) is 55.3 Å². The van der Waals surface area contributed by atoms with Crippen molar-refractivity contribution in [1.82, 2.24) is 5.32 Å². The van der Waals surface area contributed by atoms with E-state index in [2.05, 4.69) is 12.2 Å². The Hall–Kier alpha value is -2.95. The van der Waals surface area contributed by atoms with E-state index >= 15 is 0 Å². The number of benzene rings is 2. The first-order valence-electron chi connectivity index (χ1n) is 9.12. The molecule has 5 heteroatoms. The van der Waals surface area contributed by atoms with Gasteiger partial charge in [-0.15, -0.1) is 0 Å². The van der Waals surface area contributed by atoms with E-state index in [1.54, 1.807) is 30.3 Å². The minimum absolute atomic E-state index is 0.268. The number of carbonyl (C=O) groups is 3. The van der Waals surface area contributed by atoms with Crippen molar-refractivity contribution >= 4 is 17.7 Å². The highest BCUT2D eigenvalue weighted by Gasteiger charge is 2.12. The van der Waals surface area contributed by atoms with Gasteiger partial charge in [0.15, 0.2) is 12.4 Å². The van der Waals surface area contributed by atoms with Crippen molar-refractivity contribution in [3.8, 4) is 0 Å². The van der Waals surface area contributed by atoms with Crippen LogP contribution in [0.1, 0.15) is 51.6 Å². The lowest BCUT2D eigenvalue weighted by Crippen LogP contribution is -2.31. The Labute approximate surface area is 159 Å². The molecule has 1 amide bonds. The Kier molecular flexibility index (Phi) is 7.74. The van der Waals surface area contributed by atoms with Crippen molar-refractivity contribution in [2.75, 3.05) is 13.2 Å². The molecule has 0 radical (unpaired) electrons. The fourth-order valence-electron chi connectivity index (χ4n) is 2.56. The van der Waals surface area contributed by atoms with Gasteiger partial charge in [0.05, 0.1) is 0 Å². The van der Waals surface area contributed by atoms with Crippen LogP contribution in [0.15, 0.2) is 48.5 Å². The lowest BCUT2D eigenvalue weighted by molar-refractivity contribution is -0.141. The second-order valence-corrected chi connectivity index (χ2v) is 6.44. The quantitative estimate of drug-likeness (QED) is 0.544. The first kappa shape index (κ1) is 20.4. The number of rotatable bonds is 9. The van der Waals surface area contributed by atoms with Crippen LogP contribution in [0, 0.1) is 6.92 Å². The van der Waals surface area contributed by atoms with Gasteiger partial charge in [-0.25, -0.2) is 0 Å². The van der Waals surface area contributed by atoms with Gasteiger partial charge in [-0.2, -0.15) is 0 Å². The number of carbonyl (C=O) groups excluding carboxylic acids is 3. The van der Waals surface area contributed by atoms with Crippen LogP contribution in [0.25, 0.3) is 0 Å². The molecule has 2 rings (SSSR count). The molecule has 1 N–H and O–H groups in total. The average molecular weight is 367 g/mol. The summed E-state index contributed by atoms with van der Waals surface area (Å²) in [6.07, 6.45) is 3.22. The maximum Gasteiger partial charge on any atom is 0.325 e. The molecule has 2 aromatic carbocycles. The zero-order chi connectivity index (χ0) is 19.6. The van der Waals surface area contributed by atoms with Crippen LogP contribution in [0.3, 0.4) is 0 Å². The minimum Gasteiger partial charge on any atom is -0.456 e. The van der Waals surface area contributed by atoms with Crippen LogP contribution in [-0.2, 0) is 16.0 Å².